The molecule has 0 aliphatic carbocycles. The van der Waals surface area contributed by atoms with E-state index in [4.69, 9.17) is 9.15 Å². The van der Waals surface area contributed by atoms with Crippen LogP contribution in [0.4, 0.5) is 8.78 Å². The highest BCUT2D eigenvalue weighted by molar-refractivity contribution is 5.98. The van der Waals surface area contributed by atoms with Gasteiger partial charge in [0.1, 0.15) is 5.58 Å². The molecule has 7 heteroatoms. The summed E-state index contributed by atoms with van der Waals surface area (Å²) >= 11 is 0. The summed E-state index contributed by atoms with van der Waals surface area (Å²) in [6.07, 6.45) is 0.496. The van der Waals surface area contributed by atoms with Crippen LogP contribution in [0.2, 0.25) is 0 Å². The first-order valence-corrected chi connectivity index (χ1v) is 8.37. The van der Waals surface area contributed by atoms with Crippen LogP contribution < -0.4 is 14.8 Å². The molecule has 0 spiro atoms. The van der Waals surface area contributed by atoms with Gasteiger partial charge in [0.15, 0.2) is 17.3 Å². The zero-order valence-electron chi connectivity index (χ0n) is 14.9. The molecule has 0 radical (unpaired) electrons. The van der Waals surface area contributed by atoms with E-state index in [1.54, 1.807) is 12.1 Å². The molecule has 0 atom stereocenters. The number of hydrogen-bond donors (Lipinski definition) is 1. The molecule has 142 valence electrons. The van der Waals surface area contributed by atoms with Crippen LogP contribution in [0.1, 0.15) is 21.7 Å². The lowest BCUT2D eigenvalue weighted by Gasteiger charge is -2.11. The van der Waals surface area contributed by atoms with E-state index in [0.29, 0.717) is 18.5 Å². The maximum absolute atomic E-state index is 12.4. The normalized spacial score (nSPS) is 11.0. The summed E-state index contributed by atoms with van der Waals surface area (Å²) in [5, 5.41) is 3.71. The van der Waals surface area contributed by atoms with Crippen molar-refractivity contribution in [2.75, 3.05) is 13.7 Å². The molecule has 5 nitrogen and oxygen atoms in total. The number of amides is 1. The van der Waals surface area contributed by atoms with Crippen molar-refractivity contribution < 1.29 is 27.5 Å². The number of benzene rings is 2. The monoisotopic (exact) mass is 375 g/mol. The Morgan fingerprint density at radius 1 is 1.19 bits per heavy atom. The number of para-hydroxylation sites is 1. The largest absolute Gasteiger partial charge is 0.493 e. The smallest absolute Gasteiger partial charge is 0.387 e. The predicted octanol–water partition coefficient (Wildman–Crippen LogP) is 4.32. The Morgan fingerprint density at radius 3 is 2.67 bits per heavy atom. The zero-order chi connectivity index (χ0) is 19.4. The summed E-state index contributed by atoms with van der Waals surface area (Å²) in [6.45, 7) is -0.725. The van der Waals surface area contributed by atoms with Gasteiger partial charge < -0.3 is 19.2 Å². The molecular weight excluding hydrogens is 356 g/mol. The van der Waals surface area contributed by atoms with E-state index in [1.807, 2.05) is 31.2 Å². The average Bonchev–Trinajstić information content (AvgIpc) is 2.99. The lowest BCUT2D eigenvalue weighted by molar-refractivity contribution is -0.0512. The molecule has 1 aromatic heterocycles. The van der Waals surface area contributed by atoms with Crippen molar-refractivity contribution in [3.63, 3.8) is 0 Å². The number of nitrogens with one attached hydrogen (secondary N) is 1. The van der Waals surface area contributed by atoms with Gasteiger partial charge >= 0.3 is 6.61 Å². The molecule has 27 heavy (non-hydrogen) atoms. The summed E-state index contributed by atoms with van der Waals surface area (Å²) in [5.74, 6) is 0.174. The SMILES string of the molecule is COc1cc(CCNC(=O)c2oc3ccccc3c2C)ccc1OC(F)F. The Kier molecular flexibility index (Phi) is 5.59. The highest BCUT2D eigenvalue weighted by Gasteiger charge is 2.17. The second-order valence-corrected chi connectivity index (χ2v) is 5.92. The van der Waals surface area contributed by atoms with Gasteiger partial charge in [-0.05, 0) is 37.1 Å². The van der Waals surface area contributed by atoms with Crippen molar-refractivity contribution in [1.29, 1.82) is 0 Å². The van der Waals surface area contributed by atoms with Crippen LogP contribution in [0.25, 0.3) is 11.0 Å². The fraction of sp³-hybridized carbons (Fsp3) is 0.250. The predicted molar refractivity (Wildman–Crippen MR) is 96.6 cm³/mol. The Hall–Kier alpha value is -3.09. The Labute approximate surface area is 154 Å². The number of ether oxygens (including phenoxy) is 2. The van der Waals surface area contributed by atoms with Crippen LogP contribution in [0.15, 0.2) is 46.9 Å². The summed E-state index contributed by atoms with van der Waals surface area (Å²) in [5.41, 5.74) is 2.27. The number of aryl methyl sites for hydroxylation is 1. The van der Waals surface area contributed by atoms with Crippen LogP contribution in [-0.4, -0.2) is 26.2 Å². The third-order valence-corrected chi connectivity index (χ3v) is 4.19. The molecule has 1 amide bonds. The van der Waals surface area contributed by atoms with Gasteiger partial charge in [-0.2, -0.15) is 8.78 Å². The summed E-state index contributed by atoms with van der Waals surface area (Å²) in [6, 6.07) is 12.1. The molecule has 1 N–H and O–H groups in total. The standard InChI is InChI=1S/C20H19F2NO4/c1-12-14-5-3-4-6-15(14)26-18(12)19(24)23-10-9-13-7-8-16(27-20(21)22)17(11-13)25-2/h3-8,11,20H,9-10H2,1-2H3,(H,23,24). The summed E-state index contributed by atoms with van der Waals surface area (Å²) in [4.78, 5) is 12.4. The van der Waals surface area contributed by atoms with Crippen molar-refractivity contribution in [2.45, 2.75) is 20.0 Å². The van der Waals surface area contributed by atoms with Gasteiger partial charge in [0, 0.05) is 17.5 Å². The number of hydrogen-bond acceptors (Lipinski definition) is 4. The van der Waals surface area contributed by atoms with E-state index < -0.39 is 6.61 Å². The van der Waals surface area contributed by atoms with Crippen molar-refractivity contribution in [1.82, 2.24) is 5.32 Å². The number of carbonyl (C=O) groups is 1. The molecular formula is C20H19F2NO4. The summed E-state index contributed by atoms with van der Waals surface area (Å²) in [7, 11) is 1.38. The molecule has 0 saturated heterocycles. The van der Waals surface area contributed by atoms with Crippen LogP contribution in [-0.2, 0) is 6.42 Å². The Bertz CT molecular complexity index is 952. The van der Waals surface area contributed by atoms with E-state index >= 15 is 0 Å². The molecule has 0 unspecified atom stereocenters. The molecule has 0 saturated carbocycles. The van der Waals surface area contributed by atoms with Crippen molar-refractivity contribution in [3.05, 3.63) is 59.4 Å². The first-order chi connectivity index (χ1) is 13.0. The van der Waals surface area contributed by atoms with Gasteiger partial charge in [-0.15, -0.1) is 0 Å². The number of fused-ring (bicyclic) bond motifs is 1. The van der Waals surface area contributed by atoms with E-state index in [-0.39, 0.29) is 23.2 Å². The van der Waals surface area contributed by atoms with E-state index in [0.717, 1.165) is 16.5 Å². The molecule has 0 aliphatic rings. The van der Waals surface area contributed by atoms with E-state index in [1.165, 1.54) is 13.2 Å². The number of furan rings is 1. The lowest BCUT2D eigenvalue weighted by atomic mass is 10.1. The molecule has 3 rings (SSSR count). The number of carbonyl (C=O) groups excluding carboxylic acids is 1. The number of halogens is 2. The van der Waals surface area contributed by atoms with Crippen molar-refractivity contribution in [3.8, 4) is 11.5 Å². The Morgan fingerprint density at radius 2 is 1.96 bits per heavy atom. The van der Waals surface area contributed by atoms with Crippen LogP contribution in [0.3, 0.4) is 0 Å². The lowest BCUT2D eigenvalue weighted by Crippen LogP contribution is -2.25. The second-order valence-electron chi connectivity index (χ2n) is 5.92. The fourth-order valence-electron chi connectivity index (χ4n) is 2.85. The third-order valence-electron chi connectivity index (χ3n) is 4.19. The van der Waals surface area contributed by atoms with Gasteiger partial charge in [0.25, 0.3) is 5.91 Å². The molecule has 0 aliphatic heterocycles. The number of methoxy groups -OCH3 is 1. The van der Waals surface area contributed by atoms with Crippen LogP contribution >= 0.6 is 0 Å². The molecule has 0 bridgehead atoms. The first kappa shape index (κ1) is 18.7. The third kappa shape index (κ3) is 4.19. The van der Waals surface area contributed by atoms with Gasteiger partial charge in [0.2, 0.25) is 0 Å². The van der Waals surface area contributed by atoms with E-state index in [9.17, 15) is 13.6 Å². The van der Waals surface area contributed by atoms with Gasteiger partial charge in [0.05, 0.1) is 7.11 Å². The molecule has 2 aromatic carbocycles. The van der Waals surface area contributed by atoms with Gasteiger partial charge in [-0.3, -0.25) is 4.79 Å². The average molecular weight is 375 g/mol. The van der Waals surface area contributed by atoms with Crippen molar-refractivity contribution in [2.24, 2.45) is 0 Å². The molecule has 1 heterocycles. The zero-order valence-corrected chi connectivity index (χ0v) is 14.9. The summed E-state index contributed by atoms with van der Waals surface area (Å²) < 4.78 is 39.8. The first-order valence-electron chi connectivity index (χ1n) is 8.37. The van der Waals surface area contributed by atoms with Gasteiger partial charge in [-0.1, -0.05) is 24.3 Å². The van der Waals surface area contributed by atoms with Gasteiger partial charge in [-0.25, -0.2) is 0 Å². The minimum atomic E-state index is -2.92. The maximum atomic E-state index is 12.4. The maximum Gasteiger partial charge on any atom is 0.387 e. The second kappa shape index (κ2) is 8.07. The van der Waals surface area contributed by atoms with Crippen molar-refractivity contribution >= 4 is 16.9 Å². The molecule has 3 aromatic rings. The highest BCUT2D eigenvalue weighted by atomic mass is 19.3. The topological polar surface area (TPSA) is 60.7 Å². The fourth-order valence-corrected chi connectivity index (χ4v) is 2.85. The quantitative estimate of drug-likeness (QED) is 0.668. The van der Waals surface area contributed by atoms with Crippen LogP contribution in [0, 0.1) is 6.92 Å². The number of alkyl halides is 2. The Balaban J connectivity index is 1.63. The van der Waals surface area contributed by atoms with Crippen LogP contribution in [0.5, 0.6) is 11.5 Å². The minimum Gasteiger partial charge on any atom is -0.493 e. The van der Waals surface area contributed by atoms with E-state index in [2.05, 4.69) is 10.1 Å². The minimum absolute atomic E-state index is 0.0295. The highest BCUT2D eigenvalue weighted by Crippen LogP contribution is 2.29. The molecule has 0 fully saturated rings. The number of rotatable bonds is 7.